The van der Waals surface area contributed by atoms with Crippen LogP contribution >= 0.6 is 0 Å². The van der Waals surface area contributed by atoms with Crippen molar-refractivity contribution in [3.05, 3.63) is 53.3 Å². The largest absolute Gasteiger partial charge is 0.465 e. The van der Waals surface area contributed by atoms with Gasteiger partial charge in [0.2, 0.25) is 0 Å². The quantitative estimate of drug-likeness (QED) is 0.521. The van der Waals surface area contributed by atoms with E-state index in [1.165, 1.54) is 5.06 Å². The Balaban J connectivity index is 1.52. The van der Waals surface area contributed by atoms with Gasteiger partial charge in [-0.15, -0.1) is 0 Å². The van der Waals surface area contributed by atoms with E-state index in [9.17, 15) is 19.5 Å². The van der Waals surface area contributed by atoms with Crippen LogP contribution in [0.15, 0.2) is 36.5 Å². The summed E-state index contributed by atoms with van der Waals surface area (Å²) in [4.78, 5) is 43.9. The Morgan fingerprint density at radius 1 is 1.20 bits per heavy atom. The zero-order valence-electron chi connectivity index (χ0n) is 19.9. The van der Waals surface area contributed by atoms with Crippen molar-refractivity contribution < 1.29 is 29.1 Å². The van der Waals surface area contributed by atoms with E-state index in [1.807, 2.05) is 30.3 Å². The molecule has 12 heteroatoms. The second kappa shape index (κ2) is 9.82. The van der Waals surface area contributed by atoms with Gasteiger partial charge in [-0.05, 0) is 26.3 Å². The number of hydrogen-bond donors (Lipinski definition) is 3. The molecule has 2 unspecified atom stereocenters. The maximum absolute atomic E-state index is 13.2. The fraction of sp³-hybridized carbons (Fsp3) is 0.478. The van der Waals surface area contributed by atoms with Gasteiger partial charge < -0.3 is 25.4 Å². The number of urea groups is 1. The molecule has 0 saturated carbocycles. The van der Waals surface area contributed by atoms with Crippen LogP contribution in [-0.2, 0) is 22.7 Å². The zero-order valence-corrected chi connectivity index (χ0v) is 19.9. The van der Waals surface area contributed by atoms with Crippen LogP contribution < -0.4 is 10.6 Å². The number of nitrogens with one attached hydrogen (secondary N) is 2. The third kappa shape index (κ3) is 5.48. The number of rotatable bonds is 8. The second-order valence-corrected chi connectivity index (χ2v) is 9.37. The van der Waals surface area contributed by atoms with Crippen LogP contribution in [0.4, 0.5) is 14.4 Å². The van der Waals surface area contributed by atoms with Crippen LogP contribution in [-0.4, -0.2) is 68.3 Å². The lowest BCUT2D eigenvalue weighted by Gasteiger charge is -2.31. The molecule has 2 aliphatic rings. The summed E-state index contributed by atoms with van der Waals surface area (Å²) in [5, 5.41) is 20.1. The van der Waals surface area contributed by atoms with Crippen LogP contribution in [0.2, 0.25) is 0 Å². The first-order valence-electron chi connectivity index (χ1n) is 11.4. The fourth-order valence-electron chi connectivity index (χ4n) is 4.27. The van der Waals surface area contributed by atoms with Gasteiger partial charge in [-0.2, -0.15) is 10.2 Å². The van der Waals surface area contributed by atoms with Crippen LogP contribution in [0.3, 0.4) is 0 Å². The Kier molecular flexibility index (Phi) is 6.83. The summed E-state index contributed by atoms with van der Waals surface area (Å²) in [6.07, 6.45) is -0.0481. The number of nitrogens with zero attached hydrogens (tertiary/aromatic N) is 4. The Hall–Kier alpha value is -3.80. The number of hydroxylamine groups is 2. The van der Waals surface area contributed by atoms with Crippen LogP contribution in [0.5, 0.6) is 0 Å². The molecule has 0 aliphatic carbocycles. The van der Waals surface area contributed by atoms with Gasteiger partial charge in [0, 0.05) is 18.7 Å². The van der Waals surface area contributed by atoms with E-state index in [0.29, 0.717) is 18.8 Å². The third-order valence-corrected chi connectivity index (χ3v) is 5.70. The molecule has 1 fully saturated rings. The van der Waals surface area contributed by atoms with E-state index >= 15 is 0 Å². The molecule has 1 aromatic carbocycles. The SMILES string of the molecule is CC(C)(C)OC(=O)NCCn1ncc2c1C(CNC(=O)O)N1CC2N(OCc2ccccc2)C1=O. The first-order valence-corrected chi connectivity index (χ1v) is 11.4. The van der Waals surface area contributed by atoms with E-state index in [1.54, 1.807) is 36.5 Å². The first kappa shape index (κ1) is 24.3. The topological polar surface area (TPSA) is 138 Å². The summed E-state index contributed by atoms with van der Waals surface area (Å²) >= 11 is 0. The lowest BCUT2D eigenvalue weighted by atomic mass is 9.98. The molecule has 1 aromatic heterocycles. The van der Waals surface area contributed by atoms with Crippen molar-refractivity contribution in [2.24, 2.45) is 0 Å². The monoisotopic (exact) mass is 486 g/mol. The molecule has 2 aromatic rings. The number of benzene rings is 1. The molecular weight excluding hydrogens is 456 g/mol. The lowest BCUT2D eigenvalue weighted by Crippen LogP contribution is -2.42. The normalized spacial score (nSPS) is 18.9. The maximum atomic E-state index is 13.2. The highest BCUT2D eigenvalue weighted by molar-refractivity contribution is 5.78. The molecule has 2 bridgehead atoms. The highest BCUT2D eigenvalue weighted by Gasteiger charge is 2.50. The average Bonchev–Trinajstić information content (AvgIpc) is 3.32. The molecule has 4 amide bonds. The minimum atomic E-state index is -1.19. The zero-order chi connectivity index (χ0) is 25.2. The molecule has 4 rings (SSSR count). The molecule has 35 heavy (non-hydrogen) atoms. The highest BCUT2D eigenvalue weighted by atomic mass is 16.7. The second-order valence-electron chi connectivity index (χ2n) is 9.37. The van der Waals surface area contributed by atoms with Crippen molar-refractivity contribution in [2.45, 2.75) is 51.6 Å². The summed E-state index contributed by atoms with van der Waals surface area (Å²) in [6.45, 7) is 6.48. The number of fused-ring (bicyclic) bond motifs is 4. The van der Waals surface area contributed by atoms with Crippen molar-refractivity contribution in [1.29, 1.82) is 0 Å². The number of carboxylic acid groups (broad SMARTS) is 1. The van der Waals surface area contributed by atoms with Crippen molar-refractivity contribution in [3.63, 3.8) is 0 Å². The molecule has 2 aliphatic heterocycles. The van der Waals surface area contributed by atoms with Crippen molar-refractivity contribution in [1.82, 2.24) is 30.4 Å². The number of hydrogen-bond acceptors (Lipinski definition) is 6. The average molecular weight is 487 g/mol. The Bertz CT molecular complexity index is 1080. The molecule has 0 radical (unpaired) electrons. The summed E-state index contributed by atoms with van der Waals surface area (Å²) in [5.74, 6) is 0. The Morgan fingerprint density at radius 2 is 1.94 bits per heavy atom. The van der Waals surface area contributed by atoms with Gasteiger partial charge in [-0.3, -0.25) is 9.52 Å². The Labute approximate surface area is 202 Å². The van der Waals surface area contributed by atoms with Gasteiger partial charge in [0.05, 0.1) is 31.0 Å². The number of ether oxygens (including phenoxy) is 1. The molecule has 1 saturated heterocycles. The van der Waals surface area contributed by atoms with Gasteiger partial charge in [0.15, 0.2) is 0 Å². The van der Waals surface area contributed by atoms with Crippen LogP contribution in [0.25, 0.3) is 0 Å². The van der Waals surface area contributed by atoms with Gasteiger partial charge in [-0.25, -0.2) is 14.4 Å². The summed E-state index contributed by atoms with van der Waals surface area (Å²) in [6, 6.07) is 8.23. The van der Waals surface area contributed by atoms with E-state index in [2.05, 4.69) is 15.7 Å². The van der Waals surface area contributed by atoms with Gasteiger partial charge in [0.1, 0.15) is 18.2 Å². The van der Waals surface area contributed by atoms with E-state index in [0.717, 1.165) is 11.1 Å². The summed E-state index contributed by atoms with van der Waals surface area (Å²) in [5.41, 5.74) is 1.80. The summed E-state index contributed by atoms with van der Waals surface area (Å²) in [7, 11) is 0. The third-order valence-electron chi connectivity index (χ3n) is 5.70. The maximum Gasteiger partial charge on any atom is 0.407 e. The number of carbonyl (C=O) groups excluding carboxylic acids is 2. The van der Waals surface area contributed by atoms with Gasteiger partial charge >= 0.3 is 18.2 Å². The Morgan fingerprint density at radius 3 is 2.63 bits per heavy atom. The van der Waals surface area contributed by atoms with Crippen molar-refractivity contribution in [3.8, 4) is 0 Å². The number of carbonyl (C=O) groups is 3. The minimum absolute atomic E-state index is 0.00148. The number of alkyl carbamates (subject to hydrolysis) is 1. The molecule has 12 nitrogen and oxygen atoms in total. The molecule has 0 spiro atoms. The predicted octanol–water partition coefficient (Wildman–Crippen LogP) is 2.64. The van der Waals surface area contributed by atoms with Gasteiger partial charge in [0.25, 0.3) is 0 Å². The minimum Gasteiger partial charge on any atom is -0.465 e. The molecule has 3 heterocycles. The molecular formula is C23H30N6O6. The van der Waals surface area contributed by atoms with E-state index in [-0.39, 0.29) is 31.8 Å². The molecule has 188 valence electrons. The smallest absolute Gasteiger partial charge is 0.407 e. The molecule has 2 atom stereocenters. The predicted molar refractivity (Wildman–Crippen MR) is 123 cm³/mol. The highest BCUT2D eigenvalue weighted by Crippen LogP contribution is 2.43. The lowest BCUT2D eigenvalue weighted by molar-refractivity contribution is -0.141. The molecule has 3 N–H and O–H groups in total. The van der Waals surface area contributed by atoms with Crippen LogP contribution in [0.1, 0.15) is 49.7 Å². The van der Waals surface area contributed by atoms with Crippen molar-refractivity contribution in [2.75, 3.05) is 19.6 Å². The van der Waals surface area contributed by atoms with E-state index < -0.39 is 23.8 Å². The standard InChI is InChI=1S/C23H30N6O6/c1-23(2,3)35-21(32)24-9-10-28-19-16(11-26-28)18-13-27(17(19)12-25-20(30)31)22(33)29(18)34-14-15-7-5-4-6-8-15/h4-8,11,17-18,25H,9-10,12-14H2,1-3H3,(H,24,32)(H,30,31). The van der Waals surface area contributed by atoms with Crippen LogP contribution in [0, 0.1) is 0 Å². The van der Waals surface area contributed by atoms with E-state index in [4.69, 9.17) is 9.57 Å². The number of amides is 4. The number of aromatic nitrogens is 2. The summed E-state index contributed by atoms with van der Waals surface area (Å²) < 4.78 is 6.95. The van der Waals surface area contributed by atoms with Gasteiger partial charge in [-0.1, -0.05) is 30.3 Å². The first-order chi connectivity index (χ1) is 16.6. The fourth-order valence-corrected chi connectivity index (χ4v) is 4.27. The van der Waals surface area contributed by atoms with Crippen molar-refractivity contribution >= 4 is 18.2 Å².